The molecule has 0 aliphatic carbocycles. The van der Waals surface area contributed by atoms with Crippen LogP contribution in [0, 0.1) is 0 Å². The van der Waals surface area contributed by atoms with Crippen LogP contribution >= 0.6 is 0 Å². The number of aromatic nitrogens is 2. The molecule has 100 valence electrons. The highest BCUT2D eigenvalue weighted by molar-refractivity contribution is 5.90. The summed E-state index contributed by atoms with van der Waals surface area (Å²) in [5.41, 5.74) is -0.0512. The van der Waals surface area contributed by atoms with Crippen LogP contribution in [0.2, 0.25) is 0 Å². The Kier molecular flexibility index (Phi) is 2.98. The molecule has 1 aliphatic rings. The van der Waals surface area contributed by atoms with Crippen molar-refractivity contribution in [2.45, 2.75) is 12.5 Å². The Morgan fingerprint density at radius 1 is 1.26 bits per heavy atom. The Bertz CT molecular complexity index is 664. The van der Waals surface area contributed by atoms with E-state index in [-0.39, 0.29) is 5.56 Å². The highest BCUT2D eigenvalue weighted by Gasteiger charge is 2.20. The second-order valence-electron chi connectivity index (χ2n) is 5.22. The molecule has 1 atom stereocenters. The van der Waals surface area contributed by atoms with Crippen molar-refractivity contribution in [2.24, 2.45) is 7.05 Å². The maximum Gasteiger partial charge on any atom is 0.274 e. The lowest BCUT2D eigenvalue weighted by molar-refractivity contribution is 0.414. The summed E-state index contributed by atoms with van der Waals surface area (Å²) in [5.74, 6) is 0.804. The van der Waals surface area contributed by atoms with E-state index in [1.807, 2.05) is 24.3 Å². The summed E-state index contributed by atoms with van der Waals surface area (Å²) in [6, 6.07) is 8.03. The van der Waals surface area contributed by atoms with Crippen LogP contribution in [0.1, 0.15) is 6.42 Å². The largest absolute Gasteiger partial charge is 0.364 e. The normalized spacial score (nSPS) is 20.0. The fraction of sp³-hybridized carbons (Fsp3) is 0.429. The van der Waals surface area contributed by atoms with E-state index < -0.39 is 0 Å². The van der Waals surface area contributed by atoms with Gasteiger partial charge in [0, 0.05) is 25.0 Å². The number of fused-ring (bicyclic) bond motifs is 1. The van der Waals surface area contributed by atoms with Gasteiger partial charge in [0.1, 0.15) is 0 Å². The Hall–Kier alpha value is -1.88. The maximum absolute atomic E-state index is 12.0. The fourth-order valence-corrected chi connectivity index (χ4v) is 2.65. The van der Waals surface area contributed by atoms with E-state index in [1.165, 1.54) is 4.68 Å². The molecule has 2 aromatic rings. The smallest absolute Gasteiger partial charge is 0.274 e. The molecule has 0 amide bonds. The van der Waals surface area contributed by atoms with Crippen LogP contribution in [0.25, 0.3) is 10.8 Å². The summed E-state index contributed by atoms with van der Waals surface area (Å²) in [5, 5.41) is 9.45. The van der Waals surface area contributed by atoms with Crippen LogP contribution in [0.3, 0.4) is 0 Å². The van der Waals surface area contributed by atoms with Crippen molar-refractivity contribution in [2.75, 3.05) is 25.5 Å². The number of hydrogen-bond acceptors (Lipinski definition) is 4. The molecule has 3 rings (SSSR count). The Balaban J connectivity index is 2.03. The third-order valence-electron chi connectivity index (χ3n) is 3.69. The van der Waals surface area contributed by atoms with E-state index in [1.54, 1.807) is 7.05 Å². The summed E-state index contributed by atoms with van der Waals surface area (Å²) in [6.45, 7) is 2.11. The molecule has 0 radical (unpaired) electrons. The molecule has 5 heteroatoms. The summed E-state index contributed by atoms with van der Waals surface area (Å²) >= 11 is 0. The first-order chi connectivity index (χ1) is 9.15. The van der Waals surface area contributed by atoms with Gasteiger partial charge in [0.2, 0.25) is 0 Å². The van der Waals surface area contributed by atoms with Crippen molar-refractivity contribution < 1.29 is 0 Å². The Morgan fingerprint density at radius 2 is 2.00 bits per heavy atom. The van der Waals surface area contributed by atoms with Gasteiger partial charge in [-0.15, -0.1) is 0 Å². The molecule has 0 saturated carbocycles. The van der Waals surface area contributed by atoms with Gasteiger partial charge < -0.3 is 10.2 Å². The Labute approximate surface area is 111 Å². The average Bonchev–Trinajstić information content (AvgIpc) is 2.81. The number of likely N-dealkylation sites (tertiary alicyclic amines) is 1. The van der Waals surface area contributed by atoms with Gasteiger partial charge in [0.15, 0.2) is 5.82 Å². The highest BCUT2D eigenvalue weighted by Crippen LogP contribution is 2.20. The van der Waals surface area contributed by atoms with Crippen molar-refractivity contribution in [3.63, 3.8) is 0 Å². The molecule has 1 N–H and O–H groups in total. The molecule has 19 heavy (non-hydrogen) atoms. The molecule has 1 aromatic carbocycles. The van der Waals surface area contributed by atoms with Crippen LogP contribution in [0.4, 0.5) is 5.82 Å². The number of nitrogens with zero attached hydrogens (tertiary/aromatic N) is 3. The van der Waals surface area contributed by atoms with Crippen LogP contribution in [0.15, 0.2) is 29.1 Å². The quantitative estimate of drug-likeness (QED) is 0.875. The van der Waals surface area contributed by atoms with Gasteiger partial charge >= 0.3 is 0 Å². The van der Waals surface area contributed by atoms with Crippen LogP contribution in [-0.2, 0) is 7.05 Å². The standard InChI is InChI=1S/C14H18N4O/c1-17-8-7-10(9-17)15-13-11-5-3-4-6-12(11)14(19)18(2)16-13/h3-6,10H,7-9H2,1-2H3,(H,15,16). The molecule has 5 nitrogen and oxygen atoms in total. The van der Waals surface area contributed by atoms with Gasteiger partial charge in [0.05, 0.1) is 5.39 Å². The number of likely N-dealkylation sites (N-methyl/N-ethyl adjacent to an activating group) is 1. The summed E-state index contributed by atoms with van der Waals surface area (Å²) in [7, 11) is 3.81. The van der Waals surface area contributed by atoms with Crippen LogP contribution < -0.4 is 10.9 Å². The lowest BCUT2D eigenvalue weighted by atomic mass is 10.1. The van der Waals surface area contributed by atoms with Gasteiger partial charge in [-0.1, -0.05) is 18.2 Å². The second-order valence-corrected chi connectivity index (χ2v) is 5.22. The molecule has 1 saturated heterocycles. The van der Waals surface area contributed by atoms with E-state index in [2.05, 4.69) is 22.4 Å². The number of hydrogen-bond donors (Lipinski definition) is 1. The summed E-state index contributed by atoms with van der Waals surface area (Å²) in [4.78, 5) is 14.3. The SMILES string of the molecule is CN1CCC(Nc2nn(C)c(=O)c3ccccc23)C1. The average molecular weight is 258 g/mol. The van der Waals surface area contributed by atoms with Gasteiger partial charge in [-0.25, -0.2) is 4.68 Å². The van der Waals surface area contributed by atoms with Crippen LogP contribution in [-0.4, -0.2) is 40.9 Å². The second kappa shape index (κ2) is 4.66. The number of aryl methyl sites for hydroxylation is 1. The molecule has 1 aliphatic heterocycles. The zero-order valence-electron chi connectivity index (χ0n) is 11.3. The third kappa shape index (κ3) is 2.21. The summed E-state index contributed by atoms with van der Waals surface area (Å²) in [6.07, 6.45) is 1.11. The van der Waals surface area contributed by atoms with Crippen molar-refractivity contribution in [3.8, 4) is 0 Å². The molecular weight excluding hydrogens is 240 g/mol. The number of rotatable bonds is 2. The first-order valence-corrected chi connectivity index (χ1v) is 6.56. The Morgan fingerprint density at radius 3 is 2.68 bits per heavy atom. The van der Waals surface area contributed by atoms with E-state index in [0.717, 1.165) is 30.7 Å². The topological polar surface area (TPSA) is 50.2 Å². The molecule has 1 aromatic heterocycles. The van der Waals surface area contributed by atoms with Crippen molar-refractivity contribution >= 4 is 16.6 Å². The lowest BCUT2D eigenvalue weighted by Gasteiger charge is -2.15. The predicted octanol–water partition coefficient (Wildman–Crippen LogP) is 1.05. The van der Waals surface area contributed by atoms with Gasteiger partial charge in [-0.05, 0) is 26.1 Å². The maximum atomic E-state index is 12.0. The molecule has 1 fully saturated rings. The van der Waals surface area contributed by atoms with E-state index in [0.29, 0.717) is 11.4 Å². The van der Waals surface area contributed by atoms with E-state index >= 15 is 0 Å². The zero-order chi connectivity index (χ0) is 13.4. The fourth-order valence-electron chi connectivity index (χ4n) is 2.65. The number of nitrogens with one attached hydrogen (secondary N) is 1. The first-order valence-electron chi connectivity index (χ1n) is 6.56. The van der Waals surface area contributed by atoms with Gasteiger partial charge in [-0.2, -0.15) is 5.10 Å². The lowest BCUT2D eigenvalue weighted by Crippen LogP contribution is -2.27. The highest BCUT2D eigenvalue weighted by atomic mass is 16.1. The van der Waals surface area contributed by atoms with Gasteiger partial charge in [-0.3, -0.25) is 4.79 Å². The zero-order valence-corrected chi connectivity index (χ0v) is 11.3. The molecule has 0 spiro atoms. The monoisotopic (exact) mass is 258 g/mol. The number of benzene rings is 1. The van der Waals surface area contributed by atoms with E-state index in [9.17, 15) is 4.79 Å². The van der Waals surface area contributed by atoms with Crippen molar-refractivity contribution in [1.29, 1.82) is 0 Å². The molecular formula is C14H18N4O. The minimum absolute atomic E-state index is 0.0512. The summed E-state index contributed by atoms with van der Waals surface area (Å²) < 4.78 is 1.41. The first kappa shape index (κ1) is 12.2. The third-order valence-corrected chi connectivity index (χ3v) is 3.69. The van der Waals surface area contributed by atoms with Crippen molar-refractivity contribution in [3.05, 3.63) is 34.6 Å². The minimum atomic E-state index is -0.0512. The molecule has 1 unspecified atom stereocenters. The molecule has 2 heterocycles. The number of anilines is 1. The van der Waals surface area contributed by atoms with Gasteiger partial charge in [0.25, 0.3) is 5.56 Å². The van der Waals surface area contributed by atoms with Crippen LogP contribution in [0.5, 0.6) is 0 Å². The minimum Gasteiger partial charge on any atom is -0.364 e. The van der Waals surface area contributed by atoms with Crippen molar-refractivity contribution in [1.82, 2.24) is 14.7 Å². The van der Waals surface area contributed by atoms with E-state index in [4.69, 9.17) is 0 Å². The predicted molar refractivity (Wildman–Crippen MR) is 76.5 cm³/mol. The molecule has 0 bridgehead atoms.